The largest absolute Gasteiger partial charge is 0.463 e. The predicted molar refractivity (Wildman–Crippen MR) is 57.9 cm³/mol. The maximum Gasteiger partial charge on any atom is 0.330 e. The van der Waals surface area contributed by atoms with Gasteiger partial charge in [-0.25, -0.2) is 4.79 Å². The molecule has 0 heterocycles. The standard InChI is InChI=1S/C6H10O2.C3H10OSi/c1-3-5-8-6(7)4-2;4-2-1-3-5/h4H,2-3,5H2,1H3;4H,1-3H2,5H3. The molecule has 0 aliphatic heterocycles. The van der Waals surface area contributed by atoms with Crippen molar-refractivity contribution in [2.24, 2.45) is 0 Å². The molecule has 0 saturated heterocycles. The third kappa shape index (κ3) is 18.4. The first kappa shape index (κ1) is 14.9. The average Bonchev–Trinajstić information content (AvgIpc) is 2.16. The van der Waals surface area contributed by atoms with Gasteiger partial charge in [0.1, 0.15) is 0 Å². The van der Waals surface area contributed by atoms with Gasteiger partial charge in [0, 0.05) is 22.9 Å². The first-order chi connectivity index (χ1) is 6.22. The maximum absolute atomic E-state index is 10.2. The van der Waals surface area contributed by atoms with E-state index in [1.807, 2.05) is 6.92 Å². The van der Waals surface area contributed by atoms with Gasteiger partial charge < -0.3 is 9.84 Å². The van der Waals surface area contributed by atoms with E-state index < -0.39 is 0 Å². The fourth-order valence-electron chi connectivity index (χ4n) is 0.420. The van der Waals surface area contributed by atoms with Crippen LogP contribution in [0.15, 0.2) is 12.7 Å². The molecule has 0 amide bonds. The second-order valence-electron chi connectivity index (χ2n) is 2.45. The van der Waals surface area contributed by atoms with Crippen molar-refractivity contribution >= 4 is 16.2 Å². The Kier molecular flexibility index (Phi) is 16.0. The van der Waals surface area contributed by atoms with Gasteiger partial charge in [-0.15, -0.1) is 0 Å². The first-order valence-corrected chi connectivity index (χ1v) is 6.04. The van der Waals surface area contributed by atoms with Crippen LogP contribution in [0.3, 0.4) is 0 Å². The Bertz CT molecular complexity index is 124. The average molecular weight is 204 g/mol. The number of hydrogen-bond donors (Lipinski definition) is 1. The summed E-state index contributed by atoms with van der Waals surface area (Å²) in [5, 5.41) is 8.09. The van der Waals surface area contributed by atoms with Gasteiger partial charge in [-0.2, -0.15) is 0 Å². The number of esters is 1. The minimum atomic E-state index is -0.341. The van der Waals surface area contributed by atoms with Gasteiger partial charge in [-0.05, 0) is 12.8 Å². The van der Waals surface area contributed by atoms with Crippen molar-refractivity contribution in [3.63, 3.8) is 0 Å². The fraction of sp³-hybridized carbons (Fsp3) is 0.667. The highest BCUT2D eigenvalue weighted by molar-refractivity contribution is 6.08. The van der Waals surface area contributed by atoms with Crippen LogP contribution in [0.4, 0.5) is 0 Å². The van der Waals surface area contributed by atoms with Gasteiger partial charge in [-0.3, -0.25) is 0 Å². The molecule has 0 aromatic heterocycles. The molecule has 0 bridgehead atoms. The van der Waals surface area contributed by atoms with E-state index in [1.54, 1.807) is 0 Å². The van der Waals surface area contributed by atoms with Crippen LogP contribution in [0.1, 0.15) is 19.8 Å². The van der Waals surface area contributed by atoms with Gasteiger partial charge in [-0.1, -0.05) is 19.5 Å². The predicted octanol–water partition coefficient (Wildman–Crippen LogP) is 0.278. The molecule has 0 aliphatic carbocycles. The minimum Gasteiger partial charge on any atom is -0.463 e. The first-order valence-electron chi connectivity index (χ1n) is 4.62. The van der Waals surface area contributed by atoms with Crippen LogP contribution in [-0.2, 0) is 9.53 Å². The van der Waals surface area contributed by atoms with Crippen molar-refractivity contribution in [1.82, 2.24) is 0 Å². The Morgan fingerprint density at radius 3 is 2.54 bits per heavy atom. The molecule has 0 aromatic rings. The van der Waals surface area contributed by atoms with Crippen LogP contribution >= 0.6 is 0 Å². The maximum atomic E-state index is 10.2. The molecule has 0 radical (unpaired) electrons. The third-order valence-corrected chi connectivity index (χ3v) is 1.83. The van der Waals surface area contributed by atoms with E-state index in [0.717, 1.165) is 18.9 Å². The zero-order chi connectivity index (χ0) is 10.5. The summed E-state index contributed by atoms with van der Waals surface area (Å²) >= 11 is 0. The molecular formula is C9H20O3Si. The smallest absolute Gasteiger partial charge is 0.330 e. The fourth-order valence-corrected chi connectivity index (χ4v) is 0.736. The van der Waals surface area contributed by atoms with Crippen LogP contribution in [0.2, 0.25) is 6.04 Å². The van der Waals surface area contributed by atoms with E-state index in [1.165, 1.54) is 16.3 Å². The number of carbonyl (C=O) groups is 1. The zero-order valence-electron chi connectivity index (χ0n) is 8.58. The van der Waals surface area contributed by atoms with E-state index in [4.69, 9.17) is 5.11 Å². The monoisotopic (exact) mass is 204 g/mol. The molecule has 0 atom stereocenters. The Labute approximate surface area is 83.2 Å². The minimum absolute atomic E-state index is 0.341. The lowest BCUT2D eigenvalue weighted by molar-refractivity contribution is -0.137. The van der Waals surface area contributed by atoms with Crippen molar-refractivity contribution in [2.45, 2.75) is 25.8 Å². The molecule has 4 heteroatoms. The second kappa shape index (κ2) is 13.9. The summed E-state index contributed by atoms with van der Waals surface area (Å²) in [5.41, 5.74) is 0. The molecule has 3 nitrogen and oxygen atoms in total. The van der Waals surface area contributed by atoms with Gasteiger partial charge in [0.15, 0.2) is 0 Å². The number of ether oxygens (including phenoxy) is 1. The van der Waals surface area contributed by atoms with Crippen LogP contribution in [0.5, 0.6) is 0 Å². The quantitative estimate of drug-likeness (QED) is 0.397. The summed E-state index contributed by atoms with van der Waals surface area (Å²) < 4.78 is 4.58. The Hall–Kier alpha value is -0.613. The summed E-state index contributed by atoms with van der Waals surface area (Å²) in [6.45, 7) is 6.05. The SMILES string of the molecule is C=CC(=O)OCCC.OCCC[SiH3]. The van der Waals surface area contributed by atoms with Crippen molar-refractivity contribution < 1.29 is 14.6 Å². The van der Waals surface area contributed by atoms with E-state index in [0.29, 0.717) is 13.2 Å². The number of hydrogen-bond acceptors (Lipinski definition) is 3. The van der Waals surface area contributed by atoms with Gasteiger partial charge in [0.25, 0.3) is 0 Å². The van der Waals surface area contributed by atoms with E-state index >= 15 is 0 Å². The highest BCUT2D eigenvalue weighted by atomic mass is 28.1. The Morgan fingerprint density at radius 2 is 2.31 bits per heavy atom. The van der Waals surface area contributed by atoms with Gasteiger partial charge >= 0.3 is 5.97 Å². The molecule has 0 aromatic carbocycles. The third-order valence-electron chi connectivity index (χ3n) is 1.13. The second-order valence-corrected chi connectivity index (χ2v) is 3.45. The van der Waals surface area contributed by atoms with E-state index in [2.05, 4.69) is 11.3 Å². The highest BCUT2D eigenvalue weighted by Crippen LogP contribution is 1.81. The Balaban J connectivity index is 0. The lowest BCUT2D eigenvalue weighted by Gasteiger charge is -1.94. The molecule has 13 heavy (non-hydrogen) atoms. The molecular weight excluding hydrogens is 184 g/mol. The summed E-state index contributed by atoms with van der Waals surface area (Å²) in [7, 11) is 1.24. The van der Waals surface area contributed by atoms with Gasteiger partial charge in [0.2, 0.25) is 0 Å². The molecule has 0 fully saturated rings. The molecule has 0 spiro atoms. The van der Waals surface area contributed by atoms with E-state index in [-0.39, 0.29) is 5.97 Å². The number of aliphatic hydroxyl groups is 1. The van der Waals surface area contributed by atoms with Crippen molar-refractivity contribution in [1.29, 1.82) is 0 Å². The van der Waals surface area contributed by atoms with Crippen molar-refractivity contribution in [3.05, 3.63) is 12.7 Å². The number of rotatable bonds is 5. The summed E-state index contributed by atoms with van der Waals surface area (Å²) in [5.74, 6) is -0.341. The lowest BCUT2D eigenvalue weighted by Crippen LogP contribution is -1.99. The van der Waals surface area contributed by atoms with E-state index in [9.17, 15) is 4.79 Å². The molecule has 0 aliphatic rings. The van der Waals surface area contributed by atoms with Crippen LogP contribution in [0, 0.1) is 0 Å². The van der Waals surface area contributed by atoms with Gasteiger partial charge in [0.05, 0.1) is 6.61 Å². The normalized spacial score (nSPS) is 8.46. The van der Waals surface area contributed by atoms with Crippen molar-refractivity contribution in [3.8, 4) is 0 Å². The molecule has 0 saturated carbocycles. The zero-order valence-corrected chi connectivity index (χ0v) is 10.6. The number of aliphatic hydroxyl groups excluding tert-OH is 1. The van der Waals surface area contributed by atoms with Crippen LogP contribution in [-0.4, -0.2) is 34.5 Å². The van der Waals surface area contributed by atoms with Crippen LogP contribution < -0.4 is 0 Å². The Morgan fingerprint density at radius 1 is 1.69 bits per heavy atom. The van der Waals surface area contributed by atoms with Crippen LogP contribution in [0.25, 0.3) is 0 Å². The summed E-state index contributed by atoms with van der Waals surface area (Å²) in [6, 6.07) is 1.23. The summed E-state index contributed by atoms with van der Waals surface area (Å²) in [4.78, 5) is 10.2. The molecule has 0 unspecified atom stereocenters. The number of carbonyl (C=O) groups excluding carboxylic acids is 1. The molecule has 1 N–H and O–H groups in total. The molecule has 0 rings (SSSR count). The lowest BCUT2D eigenvalue weighted by atomic mass is 10.5. The molecule has 78 valence electrons. The topological polar surface area (TPSA) is 46.5 Å². The van der Waals surface area contributed by atoms with Crippen molar-refractivity contribution in [2.75, 3.05) is 13.2 Å². The highest BCUT2D eigenvalue weighted by Gasteiger charge is 1.89. The summed E-state index contributed by atoms with van der Waals surface area (Å²) in [6.07, 6.45) is 3.03.